The zero-order chi connectivity index (χ0) is 39.1. The van der Waals surface area contributed by atoms with Gasteiger partial charge in [0.1, 0.15) is 29.4 Å². The number of aromatic nitrogens is 2. The molecule has 54 heavy (non-hydrogen) atoms. The van der Waals surface area contributed by atoms with Crippen molar-refractivity contribution in [2.45, 2.75) is 49.9 Å². The average Bonchev–Trinajstić information content (AvgIpc) is 3.77. The van der Waals surface area contributed by atoms with Gasteiger partial charge in [-0.3, -0.25) is 14.4 Å². The molecule has 8 N–H and O–H groups in total. The Morgan fingerprint density at radius 2 is 1.91 bits per heavy atom. The Morgan fingerprint density at radius 3 is 2.56 bits per heavy atom. The largest absolute Gasteiger partial charge is 0.503 e. The second kappa shape index (κ2) is 14.9. The Kier molecular flexibility index (Phi) is 10.6. The average molecular weight is 786 g/mol. The molecule has 0 aliphatic carbocycles. The number of nitrogen functional groups attached to an aromatic ring is 1. The number of likely N-dealkylation sites (tertiary alicyclic amines) is 1. The number of pyridine rings is 1. The molecule has 0 saturated carbocycles. The lowest BCUT2D eigenvalue weighted by Crippen LogP contribution is -2.73. The van der Waals surface area contributed by atoms with Crippen LogP contribution in [-0.4, -0.2) is 131 Å². The van der Waals surface area contributed by atoms with Crippen molar-refractivity contribution < 1.29 is 48.9 Å². The molecule has 20 heteroatoms. The fraction of sp³-hybridized carbons (Fsp3) is 0.441. The number of oxime groups is 1. The number of carboxylic acid groups (broad SMARTS) is 2. The van der Waals surface area contributed by atoms with Gasteiger partial charge in [0.05, 0.1) is 43.3 Å². The third-order valence-electron chi connectivity index (χ3n) is 9.91. The number of nitrogens with zero attached hydrogens (tertiary/aromatic N) is 5. The predicted octanol–water partition coefficient (Wildman–Crippen LogP) is 0.438. The van der Waals surface area contributed by atoms with Crippen molar-refractivity contribution in [3.05, 3.63) is 62.5 Å². The number of carbonyl (C=O) groups is 4. The number of hydrogen-bond acceptors (Lipinski definition) is 14. The predicted molar refractivity (Wildman–Crippen MR) is 199 cm³/mol. The highest BCUT2D eigenvalue weighted by molar-refractivity contribution is 8.00. The second-order valence-electron chi connectivity index (χ2n) is 14.0. The first kappa shape index (κ1) is 38.5. The SMILES string of the molecule is Cn1cc(O)c(=O)c2cc(C(=O)NCC[N+]3(CC4=C(C(=O)O)N5C(O)C(NC(=O)C(=NOC(C)(C)C(=O)O)c6csc(N)n6)C5SC4)CCCC3)ccc21. The Labute approximate surface area is 316 Å². The van der Waals surface area contributed by atoms with Gasteiger partial charge < -0.3 is 55.6 Å². The molecule has 1 aromatic carbocycles. The Morgan fingerprint density at radius 1 is 1.19 bits per heavy atom. The van der Waals surface area contributed by atoms with Crippen LogP contribution in [0.2, 0.25) is 0 Å². The van der Waals surface area contributed by atoms with E-state index in [1.807, 2.05) is 0 Å². The molecule has 3 aliphatic heterocycles. The minimum Gasteiger partial charge on any atom is -0.503 e. The molecule has 18 nitrogen and oxygen atoms in total. The third-order valence-corrected chi connectivity index (χ3v) is 12.0. The van der Waals surface area contributed by atoms with Crippen LogP contribution in [0.25, 0.3) is 10.9 Å². The number of aryl methyl sites for hydroxylation is 1. The van der Waals surface area contributed by atoms with E-state index in [4.69, 9.17) is 10.6 Å². The third kappa shape index (κ3) is 7.46. The maximum absolute atomic E-state index is 13.5. The zero-order valence-corrected chi connectivity index (χ0v) is 31.3. The number of aliphatic hydroxyl groups is 1. The van der Waals surface area contributed by atoms with Gasteiger partial charge >= 0.3 is 11.9 Å². The van der Waals surface area contributed by atoms with Crippen LogP contribution in [0.4, 0.5) is 5.13 Å². The number of thioether (sulfide) groups is 1. The molecule has 0 radical (unpaired) electrons. The summed E-state index contributed by atoms with van der Waals surface area (Å²) < 4.78 is 2.13. The van der Waals surface area contributed by atoms with Gasteiger partial charge in [0.25, 0.3) is 11.8 Å². The van der Waals surface area contributed by atoms with Crippen molar-refractivity contribution in [1.29, 1.82) is 0 Å². The van der Waals surface area contributed by atoms with Crippen LogP contribution in [-0.2, 0) is 26.3 Å². The number of carbonyl (C=O) groups excluding carboxylic acids is 2. The minimum absolute atomic E-state index is 0.0331. The fourth-order valence-electron chi connectivity index (χ4n) is 6.97. The molecule has 3 aliphatic rings. The van der Waals surface area contributed by atoms with E-state index >= 15 is 0 Å². The minimum atomic E-state index is -1.78. The van der Waals surface area contributed by atoms with Crippen LogP contribution in [0.5, 0.6) is 5.75 Å². The van der Waals surface area contributed by atoms with E-state index in [9.17, 15) is 44.4 Å². The number of amides is 2. The molecular formula is C34H41N8O10S2+. The van der Waals surface area contributed by atoms with E-state index in [0.717, 1.165) is 37.3 Å². The second-order valence-corrected chi connectivity index (χ2v) is 16.0. The highest BCUT2D eigenvalue weighted by Crippen LogP contribution is 2.43. The van der Waals surface area contributed by atoms with Gasteiger partial charge in [0.15, 0.2) is 22.8 Å². The Hall–Kier alpha value is -5.18. The van der Waals surface area contributed by atoms with Crippen molar-refractivity contribution in [1.82, 2.24) is 25.1 Å². The van der Waals surface area contributed by atoms with Crippen molar-refractivity contribution in [2.24, 2.45) is 12.2 Å². The van der Waals surface area contributed by atoms with Crippen LogP contribution in [0, 0.1) is 0 Å². The van der Waals surface area contributed by atoms with Crippen molar-refractivity contribution in [2.75, 3.05) is 44.2 Å². The van der Waals surface area contributed by atoms with E-state index in [1.165, 1.54) is 48.2 Å². The lowest BCUT2D eigenvalue weighted by atomic mass is 10.0. The number of nitrogens with two attached hydrogens (primary N) is 1. The van der Waals surface area contributed by atoms with E-state index in [0.29, 0.717) is 34.4 Å². The van der Waals surface area contributed by atoms with E-state index < -0.39 is 52.3 Å². The van der Waals surface area contributed by atoms with Crippen LogP contribution in [0.3, 0.4) is 0 Å². The molecule has 2 aromatic heterocycles. The zero-order valence-electron chi connectivity index (χ0n) is 29.6. The Bertz CT molecular complexity index is 2140. The molecule has 3 aromatic rings. The summed E-state index contributed by atoms with van der Waals surface area (Å²) in [4.78, 5) is 74.1. The normalized spacial score (nSPS) is 21.0. The molecule has 2 fully saturated rings. The van der Waals surface area contributed by atoms with Crippen LogP contribution in [0.1, 0.15) is 42.7 Å². The quantitative estimate of drug-likeness (QED) is 0.0705. The maximum atomic E-state index is 13.5. The topological polar surface area (TPSA) is 259 Å². The summed E-state index contributed by atoms with van der Waals surface area (Å²) in [5.74, 6) is -3.86. The first-order valence-electron chi connectivity index (χ1n) is 17.0. The molecule has 0 bridgehead atoms. The highest BCUT2D eigenvalue weighted by Gasteiger charge is 2.55. The number of rotatable bonds is 13. The van der Waals surface area contributed by atoms with E-state index in [-0.39, 0.29) is 45.6 Å². The summed E-state index contributed by atoms with van der Waals surface area (Å²) in [5, 5.41) is 51.6. The number of fused-ring (bicyclic) bond motifs is 2. The van der Waals surface area contributed by atoms with Gasteiger partial charge in [-0.05, 0) is 32.0 Å². The number of benzene rings is 1. The lowest BCUT2D eigenvalue weighted by Gasteiger charge is -2.55. The van der Waals surface area contributed by atoms with Gasteiger partial charge in [-0.25, -0.2) is 14.6 Å². The summed E-state index contributed by atoms with van der Waals surface area (Å²) in [7, 11) is 1.69. The van der Waals surface area contributed by atoms with Gasteiger partial charge in [0.2, 0.25) is 11.0 Å². The number of anilines is 1. The summed E-state index contributed by atoms with van der Waals surface area (Å²) in [6, 6.07) is 3.79. The fourth-order valence-corrected chi connectivity index (χ4v) is 8.92. The number of aromatic hydroxyl groups is 1. The highest BCUT2D eigenvalue weighted by atomic mass is 32.2. The Balaban J connectivity index is 1.15. The molecular weight excluding hydrogens is 745 g/mol. The van der Waals surface area contributed by atoms with E-state index in [1.54, 1.807) is 23.7 Å². The lowest BCUT2D eigenvalue weighted by molar-refractivity contribution is -0.911. The molecule has 3 atom stereocenters. The van der Waals surface area contributed by atoms with Crippen molar-refractivity contribution >= 4 is 68.6 Å². The van der Waals surface area contributed by atoms with E-state index in [2.05, 4.69) is 20.8 Å². The molecule has 0 spiro atoms. The first-order valence-corrected chi connectivity index (χ1v) is 19.0. The first-order chi connectivity index (χ1) is 25.5. The standard InChI is InChI=1S/C34H40N8O10S2/c1-34(2,32(50)51)52-39-23(20-16-54-33(35)37-20)28(46)38-24-29(47)41-25(31(48)49)18(15-53-30(24)41)14-42(9-4-5-10-42)11-8-36-27(45)17-6-7-21-19(12-17)26(44)22(43)13-40(21)3/h6-7,12-13,16,24,29-30,47H,4-5,8-11,14-15H2,1-3H3,(H6-,35,36,37,38,43,45,46,48,49,50,51)/p+1. The van der Waals surface area contributed by atoms with Crippen LogP contribution < -0.4 is 21.8 Å². The number of quaternary nitrogens is 1. The number of nitrogens with one attached hydrogen (secondary N) is 2. The summed E-state index contributed by atoms with van der Waals surface area (Å²) >= 11 is 2.39. The van der Waals surface area contributed by atoms with Crippen molar-refractivity contribution in [3.8, 4) is 5.75 Å². The molecule has 6 rings (SSSR count). The molecule has 5 heterocycles. The summed E-state index contributed by atoms with van der Waals surface area (Å²) in [6.07, 6.45) is 1.74. The van der Waals surface area contributed by atoms with Crippen LogP contribution >= 0.6 is 23.1 Å². The number of carboxylic acids is 2. The monoisotopic (exact) mass is 785 g/mol. The summed E-state index contributed by atoms with van der Waals surface area (Å²) in [6.45, 7) is 5.20. The van der Waals surface area contributed by atoms with Gasteiger partial charge in [-0.2, -0.15) is 0 Å². The molecule has 288 valence electrons. The van der Waals surface area contributed by atoms with Gasteiger partial charge in [-0.15, -0.1) is 23.1 Å². The number of thiazole rings is 1. The van der Waals surface area contributed by atoms with Crippen LogP contribution in [0.15, 0.2) is 51.0 Å². The molecule has 2 amide bonds. The smallest absolute Gasteiger partial charge is 0.352 e. The van der Waals surface area contributed by atoms with Gasteiger partial charge in [0, 0.05) is 42.2 Å². The number of hydrogen-bond donors (Lipinski definition) is 7. The molecule has 3 unspecified atom stereocenters. The number of aliphatic hydroxyl groups excluding tert-OH is 1. The summed E-state index contributed by atoms with van der Waals surface area (Å²) in [5.41, 5.74) is 4.49. The molecule has 2 saturated heterocycles. The van der Waals surface area contributed by atoms with Gasteiger partial charge in [-0.1, -0.05) is 5.16 Å². The van der Waals surface area contributed by atoms with Crippen molar-refractivity contribution in [3.63, 3.8) is 0 Å². The number of aliphatic carboxylic acids is 2. The maximum Gasteiger partial charge on any atom is 0.352 e.